The Morgan fingerprint density at radius 2 is 1.79 bits per heavy atom. The molecule has 1 aromatic carbocycles. The van der Waals surface area contributed by atoms with Crippen LogP contribution in [0.15, 0.2) is 48.5 Å². The molecule has 0 spiro atoms. The molecule has 1 fully saturated rings. The third-order valence-corrected chi connectivity index (χ3v) is 4.70. The molecule has 1 aromatic heterocycles. The van der Waals surface area contributed by atoms with Gasteiger partial charge < -0.3 is 15.0 Å². The number of aromatic nitrogens is 1. The maximum absolute atomic E-state index is 10.0. The normalized spacial score (nSPS) is 14.1. The molecule has 0 aliphatic carbocycles. The molecular weight excluding hydrogens is 352 g/mol. The van der Waals surface area contributed by atoms with Gasteiger partial charge in [-0.25, -0.2) is 0 Å². The maximum Gasteiger partial charge on any atom is 0.214 e. The first-order chi connectivity index (χ1) is 13.8. The van der Waals surface area contributed by atoms with Crippen LogP contribution in [0.3, 0.4) is 0 Å². The number of rotatable bonds is 8. The van der Waals surface area contributed by atoms with Crippen LogP contribution in [0.4, 0.5) is 5.82 Å². The fraction of sp³-hybridized carbons (Fsp3) is 0.455. The molecule has 0 amide bonds. The molecule has 0 bridgehead atoms. The summed E-state index contributed by atoms with van der Waals surface area (Å²) < 4.78 is 5.19. The van der Waals surface area contributed by atoms with Crippen LogP contribution < -0.4 is 15.0 Å². The van der Waals surface area contributed by atoms with Crippen LogP contribution in [-0.4, -0.2) is 69.6 Å². The maximum atomic E-state index is 10.0. The molecule has 0 radical (unpaired) electrons. The van der Waals surface area contributed by atoms with E-state index in [9.17, 15) is 4.79 Å². The van der Waals surface area contributed by atoms with Crippen molar-refractivity contribution in [1.82, 2.24) is 15.2 Å². The third kappa shape index (κ3) is 7.66. The summed E-state index contributed by atoms with van der Waals surface area (Å²) in [4.78, 5) is 19.4. The van der Waals surface area contributed by atoms with E-state index in [-0.39, 0.29) is 0 Å². The fourth-order valence-electron chi connectivity index (χ4n) is 3.06. The van der Waals surface area contributed by atoms with Gasteiger partial charge in [0.15, 0.2) is 0 Å². The molecule has 152 valence electrons. The van der Waals surface area contributed by atoms with Gasteiger partial charge in [0.25, 0.3) is 0 Å². The number of nitrogens with zero attached hydrogens (tertiary/aromatic N) is 3. The predicted molar refractivity (Wildman–Crippen MR) is 114 cm³/mol. The van der Waals surface area contributed by atoms with E-state index in [0.717, 1.165) is 50.4 Å². The lowest BCUT2D eigenvalue weighted by Gasteiger charge is -2.35. The van der Waals surface area contributed by atoms with Crippen molar-refractivity contribution in [1.29, 1.82) is 0 Å². The second-order valence-corrected chi connectivity index (χ2v) is 6.71. The highest BCUT2D eigenvalue weighted by atomic mass is 16.5. The predicted octanol–water partition coefficient (Wildman–Crippen LogP) is 2.71. The Hall–Kier alpha value is -2.44. The molecule has 0 unspecified atom stereocenters. The van der Waals surface area contributed by atoms with Crippen molar-refractivity contribution >= 4 is 12.1 Å². The summed E-state index contributed by atoms with van der Waals surface area (Å²) in [6, 6.07) is 15.1. The van der Waals surface area contributed by atoms with Gasteiger partial charge in [0.05, 0.1) is 7.11 Å². The van der Waals surface area contributed by atoms with E-state index in [1.807, 2.05) is 37.4 Å². The number of anilines is 1. The van der Waals surface area contributed by atoms with Crippen molar-refractivity contribution in [3.05, 3.63) is 54.1 Å². The summed E-state index contributed by atoms with van der Waals surface area (Å²) in [6.45, 7) is 6.67. The Morgan fingerprint density at radius 1 is 1.04 bits per heavy atom. The quantitative estimate of drug-likeness (QED) is 0.558. The van der Waals surface area contributed by atoms with Gasteiger partial charge in [0.1, 0.15) is 12.1 Å². The summed E-state index contributed by atoms with van der Waals surface area (Å²) in [5, 5.41) is 3.20. The molecule has 28 heavy (non-hydrogen) atoms. The summed E-state index contributed by atoms with van der Waals surface area (Å²) in [7, 11) is 3.68. The second kappa shape index (κ2) is 12.9. The molecular formula is C22H32N4O2. The van der Waals surface area contributed by atoms with Gasteiger partial charge in [-0.05, 0) is 39.0 Å². The highest BCUT2D eigenvalue weighted by Crippen LogP contribution is 2.17. The third-order valence-electron chi connectivity index (χ3n) is 4.70. The summed E-state index contributed by atoms with van der Waals surface area (Å²) >= 11 is 0. The summed E-state index contributed by atoms with van der Waals surface area (Å²) in [5.41, 5.74) is 0.729. The van der Waals surface area contributed by atoms with Gasteiger partial charge in [-0.3, -0.25) is 9.69 Å². The van der Waals surface area contributed by atoms with E-state index in [1.54, 1.807) is 19.2 Å². The Kier molecular flexibility index (Phi) is 10.0. The van der Waals surface area contributed by atoms with Gasteiger partial charge in [-0.15, -0.1) is 0 Å². The average Bonchev–Trinajstić information content (AvgIpc) is 2.78. The number of piperazine rings is 1. The minimum atomic E-state index is 0.692. The molecule has 0 saturated carbocycles. The van der Waals surface area contributed by atoms with Crippen LogP contribution in [0, 0.1) is 0 Å². The minimum absolute atomic E-state index is 0.692. The Labute approximate surface area is 168 Å². The summed E-state index contributed by atoms with van der Waals surface area (Å²) in [5.74, 6) is 1.72. The first-order valence-electron chi connectivity index (χ1n) is 9.90. The van der Waals surface area contributed by atoms with Gasteiger partial charge in [0.2, 0.25) is 5.88 Å². The molecule has 2 aromatic rings. The van der Waals surface area contributed by atoms with Crippen molar-refractivity contribution < 1.29 is 9.53 Å². The van der Waals surface area contributed by atoms with Gasteiger partial charge in [0, 0.05) is 37.8 Å². The monoisotopic (exact) mass is 384 g/mol. The van der Waals surface area contributed by atoms with Gasteiger partial charge in [-0.1, -0.05) is 36.4 Å². The first-order valence-corrected chi connectivity index (χ1v) is 9.90. The number of pyridine rings is 1. The Morgan fingerprint density at radius 3 is 2.39 bits per heavy atom. The zero-order chi connectivity index (χ0) is 20.0. The van der Waals surface area contributed by atoms with Crippen LogP contribution in [-0.2, 0) is 0 Å². The Bertz CT molecular complexity index is 673. The number of methoxy groups -OCH3 is 1. The molecule has 1 aliphatic heterocycles. The SMILES string of the molecule is CNCCCCN1CCN(c2cccc(OC)n2)CC1.O=Cc1ccccc1. The van der Waals surface area contributed by atoms with E-state index in [1.165, 1.54) is 19.4 Å². The van der Waals surface area contributed by atoms with Crippen LogP contribution in [0.2, 0.25) is 0 Å². The fourth-order valence-corrected chi connectivity index (χ4v) is 3.06. The number of benzene rings is 1. The number of ether oxygens (including phenoxy) is 1. The number of hydrogen-bond acceptors (Lipinski definition) is 6. The number of hydrogen-bond donors (Lipinski definition) is 1. The van der Waals surface area contributed by atoms with E-state index in [4.69, 9.17) is 4.74 Å². The van der Waals surface area contributed by atoms with Crippen molar-refractivity contribution in [3.63, 3.8) is 0 Å². The molecule has 0 atom stereocenters. The minimum Gasteiger partial charge on any atom is -0.481 e. The van der Waals surface area contributed by atoms with E-state index in [0.29, 0.717) is 5.88 Å². The van der Waals surface area contributed by atoms with E-state index >= 15 is 0 Å². The number of carbonyl (C=O) groups excluding carboxylic acids is 1. The van der Waals surface area contributed by atoms with E-state index in [2.05, 4.69) is 26.2 Å². The van der Waals surface area contributed by atoms with E-state index < -0.39 is 0 Å². The average molecular weight is 385 g/mol. The van der Waals surface area contributed by atoms with Crippen molar-refractivity contribution in [2.24, 2.45) is 0 Å². The number of carbonyl (C=O) groups is 1. The van der Waals surface area contributed by atoms with Gasteiger partial charge >= 0.3 is 0 Å². The van der Waals surface area contributed by atoms with Crippen LogP contribution in [0.25, 0.3) is 0 Å². The van der Waals surface area contributed by atoms with Gasteiger partial charge in [-0.2, -0.15) is 4.98 Å². The van der Waals surface area contributed by atoms with Crippen molar-refractivity contribution in [2.75, 3.05) is 58.3 Å². The van der Waals surface area contributed by atoms with Crippen molar-refractivity contribution in [3.8, 4) is 5.88 Å². The largest absolute Gasteiger partial charge is 0.481 e. The molecule has 1 saturated heterocycles. The molecule has 2 heterocycles. The molecule has 6 heteroatoms. The number of nitrogens with one attached hydrogen (secondary N) is 1. The standard InChI is InChI=1S/C15H26N4O.C7H6O/c1-16-8-3-4-9-18-10-12-19(13-11-18)14-6-5-7-15(17-14)20-2;8-6-7-4-2-1-3-5-7/h5-7,16H,3-4,8-13H2,1-2H3;1-6H. The molecule has 3 rings (SSSR count). The van der Waals surface area contributed by atoms with Crippen LogP contribution in [0.5, 0.6) is 5.88 Å². The molecule has 1 N–H and O–H groups in total. The lowest BCUT2D eigenvalue weighted by Crippen LogP contribution is -2.47. The smallest absolute Gasteiger partial charge is 0.214 e. The summed E-state index contributed by atoms with van der Waals surface area (Å²) in [6.07, 6.45) is 3.37. The van der Waals surface area contributed by atoms with Crippen LogP contribution >= 0.6 is 0 Å². The molecule has 1 aliphatic rings. The zero-order valence-electron chi connectivity index (χ0n) is 17.0. The lowest BCUT2D eigenvalue weighted by atomic mass is 10.2. The highest BCUT2D eigenvalue weighted by Gasteiger charge is 2.17. The highest BCUT2D eigenvalue weighted by molar-refractivity contribution is 5.74. The first kappa shape index (κ1) is 21.9. The molecule has 6 nitrogen and oxygen atoms in total. The Balaban J connectivity index is 0.000000292. The number of aldehydes is 1. The lowest BCUT2D eigenvalue weighted by molar-refractivity contribution is 0.112. The van der Waals surface area contributed by atoms with Crippen molar-refractivity contribution in [2.45, 2.75) is 12.8 Å². The second-order valence-electron chi connectivity index (χ2n) is 6.71. The number of unbranched alkanes of at least 4 members (excludes halogenated alkanes) is 1. The topological polar surface area (TPSA) is 57.7 Å². The van der Waals surface area contributed by atoms with Crippen LogP contribution in [0.1, 0.15) is 23.2 Å². The zero-order valence-corrected chi connectivity index (χ0v) is 17.0.